The number of aromatic nitrogens is 2. The van der Waals surface area contributed by atoms with Gasteiger partial charge in [0.25, 0.3) is 11.8 Å². The van der Waals surface area contributed by atoms with Crippen LogP contribution in [0.1, 0.15) is 10.4 Å². The van der Waals surface area contributed by atoms with Gasteiger partial charge in [0.15, 0.2) is 6.61 Å². The number of hydrogen-bond acceptors (Lipinski definition) is 5. The van der Waals surface area contributed by atoms with Crippen LogP contribution >= 0.6 is 0 Å². The second-order valence-electron chi connectivity index (χ2n) is 6.48. The second kappa shape index (κ2) is 7.22. The molecule has 0 atom stereocenters. The molecule has 4 rings (SSSR count). The maximum Gasteiger partial charge on any atom is 0.265 e. The van der Waals surface area contributed by atoms with E-state index < -0.39 is 0 Å². The maximum absolute atomic E-state index is 12.6. The highest BCUT2D eigenvalue weighted by molar-refractivity contribution is 6.00. The minimum atomic E-state index is -0.238. The van der Waals surface area contributed by atoms with Crippen molar-refractivity contribution in [3.05, 3.63) is 48.2 Å². The minimum Gasteiger partial charge on any atom is -0.494 e. The molecule has 1 aliphatic rings. The Morgan fingerprint density at radius 1 is 1.32 bits per heavy atom. The molecule has 2 heterocycles. The van der Waals surface area contributed by atoms with Gasteiger partial charge in [0, 0.05) is 37.3 Å². The molecule has 144 valence electrons. The lowest BCUT2D eigenvalue weighted by atomic mass is 10.1. The van der Waals surface area contributed by atoms with E-state index in [1.807, 2.05) is 37.5 Å². The van der Waals surface area contributed by atoms with E-state index in [9.17, 15) is 9.59 Å². The third kappa shape index (κ3) is 3.24. The van der Waals surface area contributed by atoms with Crippen LogP contribution in [0.2, 0.25) is 0 Å². The third-order valence-corrected chi connectivity index (χ3v) is 4.60. The zero-order valence-corrected chi connectivity index (χ0v) is 15.6. The Morgan fingerprint density at radius 3 is 2.96 bits per heavy atom. The monoisotopic (exact) mass is 380 g/mol. The van der Waals surface area contributed by atoms with E-state index in [0.717, 1.165) is 5.39 Å². The van der Waals surface area contributed by atoms with E-state index in [0.29, 0.717) is 41.4 Å². The quantitative estimate of drug-likeness (QED) is 0.729. The Hall–Kier alpha value is -3.55. The van der Waals surface area contributed by atoms with Crippen LogP contribution in [-0.4, -0.2) is 48.4 Å². The van der Waals surface area contributed by atoms with Crippen molar-refractivity contribution < 1.29 is 19.1 Å². The van der Waals surface area contributed by atoms with E-state index >= 15 is 0 Å². The molecule has 0 fully saturated rings. The summed E-state index contributed by atoms with van der Waals surface area (Å²) in [6.45, 7) is 0.670. The van der Waals surface area contributed by atoms with Gasteiger partial charge in [-0.15, -0.1) is 0 Å². The van der Waals surface area contributed by atoms with Gasteiger partial charge in [-0.05, 0) is 24.3 Å². The third-order valence-electron chi connectivity index (χ3n) is 4.60. The van der Waals surface area contributed by atoms with Crippen LogP contribution in [0.4, 0.5) is 5.69 Å². The highest BCUT2D eigenvalue weighted by atomic mass is 16.5. The number of ether oxygens (including phenoxy) is 2. The number of aryl methyl sites for hydroxylation is 1. The summed E-state index contributed by atoms with van der Waals surface area (Å²) in [5, 5.41) is 8.03. The average molecular weight is 380 g/mol. The average Bonchev–Trinajstić information content (AvgIpc) is 3.08. The zero-order chi connectivity index (χ0) is 19.7. The molecular formula is C20H20N4O4. The fourth-order valence-electron chi connectivity index (χ4n) is 3.29. The minimum absolute atomic E-state index is 0.000165. The van der Waals surface area contributed by atoms with Crippen LogP contribution in [0.15, 0.2) is 42.6 Å². The maximum atomic E-state index is 12.6. The van der Waals surface area contributed by atoms with E-state index in [-0.39, 0.29) is 18.4 Å². The van der Waals surface area contributed by atoms with Crippen LogP contribution in [0.5, 0.6) is 11.5 Å². The Labute approximate surface area is 161 Å². The first-order valence-electron chi connectivity index (χ1n) is 8.88. The fourth-order valence-corrected chi connectivity index (χ4v) is 3.29. The molecule has 0 spiro atoms. The van der Waals surface area contributed by atoms with Crippen molar-refractivity contribution in [1.82, 2.24) is 15.1 Å². The van der Waals surface area contributed by atoms with E-state index in [4.69, 9.17) is 9.47 Å². The van der Waals surface area contributed by atoms with Gasteiger partial charge in [0.05, 0.1) is 12.8 Å². The molecule has 3 aromatic rings. The summed E-state index contributed by atoms with van der Waals surface area (Å²) in [7, 11) is 3.36. The number of nitrogens with zero attached hydrogens (tertiary/aromatic N) is 3. The summed E-state index contributed by atoms with van der Waals surface area (Å²) < 4.78 is 12.5. The molecule has 0 saturated carbocycles. The molecule has 1 aliphatic heterocycles. The van der Waals surface area contributed by atoms with Crippen LogP contribution in [0.3, 0.4) is 0 Å². The number of carbonyl (C=O) groups excluding carboxylic acids is 2. The summed E-state index contributed by atoms with van der Waals surface area (Å²) in [5.74, 6) is 0.838. The standard InChI is InChI=1S/C20H20N4O4/c1-23-11-14-9-13(10-17(27-2)19(14)22-23)20(26)21-7-8-24-15-5-3-4-6-16(15)28-12-18(24)25/h3-6,9-11H,7-8,12H2,1-2H3,(H,21,26). The summed E-state index contributed by atoms with van der Waals surface area (Å²) in [6.07, 6.45) is 1.83. The van der Waals surface area contributed by atoms with E-state index in [1.54, 1.807) is 28.8 Å². The Morgan fingerprint density at radius 2 is 2.14 bits per heavy atom. The van der Waals surface area contributed by atoms with Crippen molar-refractivity contribution in [1.29, 1.82) is 0 Å². The lowest BCUT2D eigenvalue weighted by Crippen LogP contribution is -2.43. The predicted molar refractivity (Wildman–Crippen MR) is 104 cm³/mol. The van der Waals surface area contributed by atoms with Crippen molar-refractivity contribution in [2.24, 2.45) is 7.05 Å². The molecule has 2 aromatic carbocycles. The lowest BCUT2D eigenvalue weighted by molar-refractivity contribution is -0.121. The molecule has 0 aliphatic carbocycles. The van der Waals surface area contributed by atoms with Gasteiger partial charge < -0.3 is 19.7 Å². The molecule has 1 N–H and O–H groups in total. The Bertz CT molecular complexity index is 1060. The Balaban J connectivity index is 1.47. The van der Waals surface area contributed by atoms with E-state index in [2.05, 4.69) is 10.4 Å². The number of fused-ring (bicyclic) bond motifs is 2. The van der Waals surface area contributed by atoms with Gasteiger partial charge in [-0.1, -0.05) is 12.1 Å². The number of para-hydroxylation sites is 2. The van der Waals surface area contributed by atoms with Gasteiger partial charge in [-0.2, -0.15) is 5.10 Å². The van der Waals surface area contributed by atoms with Gasteiger partial charge in [0.1, 0.15) is 17.0 Å². The number of benzene rings is 2. The molecule has 8 nitrogen and oxygen atoms in total. The number of hydrogen-bond donors (Lipinski definition) is 1. The molecule has 2 amide bonds. The molecule has 28 heavy (non-hydrogen) atoms. The number of anilines is 1. The van der Waals surface area contributed by atoms with Crippen LogP contribution in [-0.2, 0) is 11.8 Å². The largest absolute Gasteiger partial charge is 0.494 e. The SMILES string of the molecule is COc1cc(C(=O)NCCN2C(=O)COc3ccccc32)cc2cn(C)nc12. The second-order valence-corrected chi connectivity index (χ2v) is 6.48. The van der Waals surface area contributed by atoms with Gasteiger partial charge in [-0.3, -0.25) is 14.3 Å². The first kappa shape index (κ1) is 17.8. The first-order chi connectivity index (χ1) is 13.6. The van der Waals surface area contributed by atoms with Gasteiger partial charge in [-0.25, -0.2) is 0 Å². The number of amides is 2. The molecule has 0 radical (unpaired) electrons. The highest BCUT2D eigenvalue weighted by Gasteiger charge is 2.24. The summed E-state index contributed by atoms with van der Waals surface area (Å²) >= 11 is 0. The van der Waals surface area contributed by atoms with Crippen molar-refractivity contribution in [2.75, 3.05) is 31.7 Å². The van der Waals surface area contributed by atoms with Gasteiger partial charge >= 0.3 is 0 Å². The number of nitrogens with one attached hydrogen (secondary N) is 1. The molecule has 1 aromatic heterocycles. The normalized spacial score (nSPS) is 13.2. The lowest BCUT2D eigenvalue weighted by Gasteiger charge is -2.29. The molecule has 8 heteroatoms. The van der Waals surface area contributed by atoms with Crippen LogP contribution < -0.4 is 19.7 Å². The highest BCUT2D eigenvalue weighted by Crippen LogP contribution is 2.31. The van der Waals surface area contributed by atoms with Crippen molar-refractivity contribution >= 4 is 28.4 Å². The number of rotatable bonds is 5. The Kier molecular flexibility index (Phi) is 4.60. The topological polar surface area (TPSA) is 85.7 Å². The molecule has 0 unspecified atom stereocenters. The first-order valence-corrected chi connectivity index (χ1v) is 8.88. The molecular weight excluding hydrogens is 360 g/mol. The predicted octanol–water partition coefficient (Wildman–Crippen LogP) is 1.74. The van der Waals surface area contributed by atoms with Crippen LogP contribution in [0.25, 0.3) is 10.9 Å². The molecule has 0 bridgehead atoms. The smallest absolute Gasteiger partial charge is 0.265 e. The van der Waals surface area contributed by atoms with Crippen molar-refractivity contribution in [2.45, 2.75) is 0 Å². The van der Waals surface area contributed by atoms with Gasteiger partial charge in [0.2, 0.25) is 0 Å². The van der Waals surface area contributed by atoms with Crippen molar-refractivity contribution in [3.63, 3.8) is 0 Å². The molecule has 0 saturated heterocycles. The fraction of sp³-hybridized carbons (Fsp3) is 0.250. The van der Waals surface area contributed by atoms with Crippen LogP contribution in [0, 0.1) is 0 Å². The summed E-state index contributed by atoms with van der Waals surface area (Å²) in [6, 6.07) is 10.8. The van der Waals surface area contributed by atoms with E-state index in [1.165, 1.54) is 0 Å². The summed E-state index contributed by atoms with van der Waals surface area (Å²) in [4.78, 5) is 26.4. The number of methoxy groups -OCH3 is 1. The summed E-state index contributed by atoms with van der Waals surface area (Å²) in [5.41, 5.74) is 1.90. The van der Waals surface area contributed by atoms with Crippen molar-refractivity contribution in [3.8, 4) is 11.5 Å². The zero-order valence-electron chi connectivity index (χ0n) is 15.6. The number of carbonyl (C=O) groups is 2.